The molecule has 3 nitrogen and oxygen atoms in total. The average Bonchev–Trinajstić information content (AvgIpc) is 2.32. The Morgan fingerprint density at radius 2 is 1.88 bits per heavy atom. The van der Waals surface area contributed by atoms with Crippen molar-refractivity contribution in [3.8, 4) is 0 Å². The number of likely N-dealkylation sites (N-methyl/N-ethyl adjacent to an activating group) is 2. The molecule has 98 valence electrons. The molecular formula is C13H31N3. The second kappa shape index (κ2) is 10.1. The first-order valence-corrected chi connectivity index (χ1v) is 6.71. The molecule has 0 aromatic rings. The van der Waals surface area contributed by atoms with Crippen LogP contribution in [0.3, 0.4) is 0 Å². The molecule has 0 heterocycles. The van der Waals surface area contributed by atoms with Crippen LogP contribution in [0.5, 0.6) is 0 Å². The van der Waals surface area contributed by atoms with Crippen molar-refractivity contribution in [1.82, 2.24) is 10.6 Å². The van der Waals surface area contributed by atoms with Crippen molar-refractivity contribution in [1.29, 1.82) is 0 Å². The fraction of sp³-hybridized carbons (Fsp3) is 1.00. The van der Waals surface area contributed by atoms with Gasteiger partial charge in [-0.2, -0.15) is 0 Å². The highest BCUT2D eigenvalue weighted by Crippen LogP contribution is 2.16. The third-order valence-electron chi connectivity index (χ3n) is 3.64. The molecule has 0 saturated carbocycles. The summed E-state index contributed by atoms with van der Waals surface area (Å²) in [4.78, 5) is 0. The van der Waals surface area contributed by atoms with Crippen LogP contribution in [0, 0.1) is 11.8 Å². The Kier molecular flexibility index (Phi) is 9.99. The van der Waals surface area contributed by atoms with Crippen molar-refractivity contribution < 1.29 is 0 Å². The summed E-state index contributed by atoms with van der Waals surface area (Å²) in [6, 6.07) is 0.506. The molecule has 0 aliphatic heterocycles. The van der Waals surface area contributed by atoms with E-state index in [1.165, 1.54) is 25.7 Å². The van der Waals surface area contributed by atoms with Gasteiger partial charge in [-0.05, 0) is 38.9 Å². The van der Waals surface area contributed by atoms with Crippen molar-refractivity contribution in [2.45, 2.75) is 45.6 Å². The van der Waals surface area contributed by atoms with E-state index in [2.05, 4.69) is 24.5 Å². The van der Waals surface area contributed by atoms with E-state index in [0.29, 0.717) is 12.0 Å². The predicted molar refractivity (Wildman–Crippen MR) is 72.6 cm³/mol. The van der Waals surface area contributed by atoms with Crippen molar-refractivity contribution in [3.63, 3.8) is 0 Å². The van der Waals surface area contributed by atoms with Crippen molar-refractivity contribution >= 4 is 0 Å². The Balaban J connectivity index is 3.88. The standard InChI is InChI=1S/C13H31N3/c1-5-11(2)7-6-8-12(9-14)13(16-4)10-15-3/h11-13,15-16H,5-10,14H2,1-4H3. The van der Waals surface area contributed by atoms with Crippen LogP contribution in [-0.4, -0.2) is 33.2 Å². The molecule has 0 amide bonds. The Morgan fingerprint density at radius 3 is 2.31 bits per heavy atom. The Morgan fingerprint density at radius 1 is 1.19 bits per heavy atom. The van der Waals surface area contributed by atoms with E-state index in [1.54, 1.807) is 0 Å². The molecule has 0 saturated heterocycles. The number of hydrogen-bond donors (Lipinski definition) is 3. The van der Waals surface area contributed by atoms with Crippen molar-refractivity contribution in [3.05, 3.63) is 0 Å². The monoisotopic (exact) mass is 229 g/mol. The van der Waals surface area contributed by atoms with Gasteiger partial charge in [0.05, 0.1) is 0 Å². The third-order valence-corrected chi connectivity index (χ3v) is 3.64. The minimum atomic E-state index is 0.506. The molecule has 3 atom stereocenters. The molecule has 0 bridgehead atoms. The zero-order valence-electron chi connectivity index (χ0n) is 11.6. The van der Waals surface area contributed by atoms with Crippen LogP contribution < -0.4 is 16.4 Å². The van der Waals surface area contributed by atoms with Crippen LogP contribution >= 0.6 is 0 Å². The van der Waals surface area contributed by atoms with E-state index in [9.17, 15) is 0 Å². The summed E-state index contributed by atoms with van der Waals surface area (Å²) in [7, 11) is 4.02. The van der Waals surface area contributed by atoms with Gasteiger partial charge in [-0.3, -0.25) is 0 Å². The van der Waals surface area contributed by atoms with Crippen LogP contribution in [-0.2, 0) is 0 Å². The van der Waals surface area contributed by atoms with Gasteiger partial charge in [0.2, 0.25) is 0 Å². The molecule has 0 aliphatic rings. The fourth-order valence-electron chi connectivity index (χ4n) is 2.14. The second-order valence-corrected chi connectivity index (χ2v) is 4.89. The molecule has 4 N–H and O–H groups in total. The quantitative estimate of drug-likeness (QED) is 0.533. The van der Waals surface area contributed by atoms with E-state index >= 15 is 0 Å². The van der Waals surface area contributed by atoms with Gasteiger partial charge in [0.25, 0.3) is 0 Å². The molecule has 16 heavy (non-hydrogen) atoms. The van der Waals surface area contributed by atoms with Gasteiger partial charge in [-0.25, -0.2) is 0 Å². The highest BCUT2D eigenvalue weighted by Gasteiger charge is 2.17. The highest BCUT2D eigenvalue weighted by atomic mass is 15.0. The largest absolute Gasteiger partial charge is 0.330 e. The van der Waals surface area contributed by atoms with Crippen LogP contribution in [0.4, 0.5) is 0 Å². The van der Waals surface area contributed by atoms with Gasteiger partial charge in [-0.15, -0.1) is 0 Å². The molecule has 0 radical (unpaired) electrons. The normalized spacial score (nSPS) is 17.1. The summed E-state index contributed by atoms with van der Waals surface area (Å²) in [5.41, 5.74) is 5.86. The Bertz CT molecular complexity index is 150. The Hall–Kier alpha value is -0.120. The van der Waals surface area contributed by atoms with Gasteiger partial charge in [0.1, 0.15) is 0 Å². The molecule has 0 rings (SSSR count). The van der Waals surface area contributed by atoms with E-state index in [1.807, 2.05) is 14.1 Å². The lowest BCUT2D eigenvalue weighted by Crippen LogP contribution is -2.44. The van der Waals surface area contributed by atoms with E-state index < -0.39 is 0 Å². The lowest BCUT2D eigenvalue weighted by molar-refractivity contribution is 0.329. The first-order chi connectivity index (χ1) is 7.69. The van der Waals surface area contributed by atoms with Gasteiger partial charge in [0, 0.05) is 12.6 Å². The zero-order valence-corrected chi connectivity index (χ0v) is 11.6. The van der Waals surface area contributed by atoms with Crippen molar-refractivity contribution in [2.75, 3.05) is 27.2 Å². The van der Waals surface area contributed by atoms with E-state index in [0.717, 1.165) is 19.0 Å². The van der Waals surface area contributed by atoms with Crippen LogP contribution in [0.15, 0.2) is 0 Å². The average molecular weight is 229 g/mol. The maximum absolute atomic E-state index is 5.86. The summed E-state index contributed by atoms with van der Waals surface area (Å²) in [6.45, 7) is 6.39. The fourth-order valence-corrected chi connectivity index (χ4v) is 2.14. The maximum atomic E-state index is 5.86. The summed E-state index contributed by atoms with van der Waals surface area (Å²) in [6.07, 6.45) is 5.18. The van der Waals surface area contributed by atoms with Gasteiger partial charge >= 0.3 is 0 Å². The number of hydrogen-bond acceptors (Lipinski definition) is 3. The van der Waals surface area contributed by atoms with Gasteiger partial charge in [-0.1, -0.05) is 33.1 Å². The van der Waals surface area contributed by atoms with Crippen LogP contribution in [0.25, 0.3) is 0 Å². The SMILES string of the molecule is CCC(C)CCCC(CN)C(CNC)NC. The molecule has 0 aromatic heterocycles. The smallest absolute Gasteiger partial charge is 0.0229 e. The molecule has 3 heteroatoms. The molecule has 3 unspecified atom stereocenters. The van der Waals surface area contributed by atoms with E-state index in [-0.39, 0.29) is 0 Å². The van der Waals surface area contributed by atoms with Gasteiger partial charge < -0.3 is 16.4 Å². The van der Waals surface area contributed by atoms with E-state index in [4.69, 9.17) is 5.73 Å². The second-order valence-electron chi connectivity index (χ2n) is 4.89. The summed E-state index contributed by atoms with van der Waals surface area (Å²) < 4.78 is 0. The van der Waals surface area contributed by atoms with Crippen LogP contribution in [0.1, 0.15) is 39.5 Å². The Labute approximate surface area is 102 Å². The minimum Gasteiger partial charge on any atom is -0.330 e. The minimum absolute atomic E-state index is 0.506. The first-order valence-electron chi connectivity index (χ1n) is 6.71. The molecule has 0 aromatic carbocycles. The maximum Gasteiger partial charge on any atom is 0.0229 e. The van der Waals surface area contributed by atoms with Crippen molar-refractivity contribution in [2.24, 2.45) is 17.6 Å². The third kappa shape index (κ3) is 6.46. The predicted octanol–water partition coefficient (Wildman–Crippen LogP) is 1.59. The number of nitrogens with one attached hydrogen (secondary N) is 2. The lowest BCUT2D eigenvalue weighted by atomic mass is 9.91. The number of nitrogens with two attached hydrogens (primary N) is 1. The number of rotatable bonds is 10. The summed E-state index contributed by atoms with van der Waals surface area (Å²) in [5.74, 6) is 1.46. The first kappa shape index (κ1) is 15.9. The van der Waals surface area contributed by atoms with Crippen LogP contribution in [0.2, 0.25) is 0 Å². The molecule has 0 spiro atoms. The summed E-state index contributed by atoms with van der Waals surface area (Å²) in [5, 5.41) is 6.59. The zero-order chi connectivity index (χ0) is 12.4. The molecule has 0 aliphatic carbocycles. The lowest BCUT2D eigenvalue weighted by Gasteiger charge is -2.26. The molecule has 0 fully saturated rings. The molecular weight excluding hydrogens is 198 g/mol. The summed E-state index contributed by atoms with van der Waals surface area (Å²) >= 11 is 0. The topological polar surface area (TPSA) is 50.1 Å². The highest BCUT2D eigenvalue weighted by molar-refractivity contribution is 4.77. The van der Waals surface area contributed by atoms with Gasteiger partial charge in [0.15, 0.2) is 0 Å².